The fourth-order valence-electron chi connectivity index (χ4n) is 3.16. The van der Waals surface area contributed by atoms with Crippen LogP contribution in [0.1, 0.15) is 40.3 Å². The lowest BCUT2D eigenvalue weighted by molar-refractivity contribution is 0.102. The number of carbonyl (C=O) groups is 2. The number of aryl methyl sites for hydroxylation is 1. The van der Waals surface area contributed by atoms with Gasteiger partial charge in [-0.3, -0.25) is 4.79 Å². The number of rotatable bonds is 6. The molecular weight excluding hydrogens is 442 g/mol. The predicted octanol–water partition coefficient (Wildman–Crippen LogP) is 4.80. The van der Waals surface area contributed by atoms with Gasteiger partial charge in [0.2, 0.25) is 5.89 Å². The average molecular weight is 464 g/mol. The van der Waals surface area contributed by atoms with Crippen LogP contribution in [0.5, 0.6) is 0 Å². The highest BCUT2D eigenvalue weighted by atomic mass is 32.1. The lowest BCUT2D eigenvalue weighted by atomic mass is 10.2. The number of alkyl carbamates (subject to hydrolysis) is 1. The molecule has 4 rings (SSSR count). The van der Waals surface area contributed by atoms with E-state index in [0.717, 1.165) is 5.56 Å². The summed E-state index contributed by atoms with van der Waals surface area (Å²) in [6.45, 7) is 3.48. The van der Waals surface area contributed by atoms with Gasteiger partial charge >= 0.3 is 11.7 Å². The zero-order valence-corrected chi connectivity index (χ0v) is 18.8. The van der Waals surface area contributed by atoms with E-state index in [1.165, 1.54) is 11.3 Å². The molecule has 0 bridgehead atoms. The van der Waals surface area contributed by atoms with Crippen LogP contribution in [0.4, 0.5) is 9.80 Å². The molecule has 1 unspecified atom stereocenters. The van der Waals surface area contributed by atoms with Crippen molar-refractivity contribution in [1.82, 2.24) is 10.3 Å². The fraction of sp³-hybridized carbons (Fsp3) is 0.167. The molecule has 0 spiro atoms. The Kier molecular flexibility index (Phi) is 6.50. The number of nitrogens with zero attached hydrogens (tertiary/aromatic N) is 1. The number of anilines is 1. The van der Waals surface area contributed by atoms with Gasteiger partial charge in [0, 0.05) is 11.1 Å². The summed E-state index contributed by atoms with van der Waals surface area (Å²) < 4.78 is 10.6. The fourth-order valence-corrected chi connectivity index (χ4v) is 4.23. The van der Waals surface area contributed by atoms with Crippen LogP contribution in [0.15, 0.2) is 69.9 Å². The highest BCUT2D eigenvalue weighted by Gasteiger charge is 2.21. The smallest absolute Gasteiger partial charge is 0.408 e. The molecule has 2 N–H and O–H groups in total. The number of hydrogen-bond acceptors (Lipinski definition) is 7. The Morgan fingerprint density at radius 3 is 2.45 bits per heavy atom. The Balaban J connectivity index is 1.49. The van der Waals surface area contributed by atoms with Gasteiger partial charge in [-0.1, -0.05) is 59.9 Å². The van der Waals surface area contributed by atoms with E-state index in [2.05, 4.69) is 15.6 Å². The number of thiophene rings is 1. The van der Waals surface area contributed by atoms with Crippen molar-refractivity contribution in [2.75, 3.05) is 5.32 Å². The van der Waals surface area contributed by atoms with E-state index in [4.69, 9.17) is 9.15 Å². The van der Waals surface area contributed by atoms with Crippen molar-refractivity contribution in [3.63, 3.8) is 0 Å². The Morgan fingerprint density at radius 1 is 1.09 bits per heavy atom. The number of benzene rings is 2. The summed E-state index contributed by atoms with van der Waals surface area (Å²) in [4.78, 5) is 42.1. The van der Waals surface area contributed by atoms with Crippen LogP contribution >= 0.6 is 11.3 Å². The second-order valence-corrected chi connectivity index (χ2v) is 8.32. The summed E-state index contributed by atoms with van der Waals surface area (Å²) >= 11 is 1.17. The van der Waals surface area contributed by atoms with E-state index in [1.54, 1.807) is 38.1 Å². The summed E-state index contributed by atoms with van der Waals surface area (Å²) in [6.07, 6.45) is -0.658. The minimum atomic E-state index is -0.699. The molecule has 2 aromatic heterocycles. The Bertz CT molecular complexity index is 1350. The average Bonchev–Trinajstić information content (AvgIpc) is 3.14. The molecule has 9 heteroatoms. The minimum Gasteiger partial charge on any atom is -0.445 e. The largest absolute Gasteiger partial charge is 0.445 e. The van der Waals surface area contributed by atoms with Crippen LogP contribution in [-0.4, -0.2) is 17.0 Å². The maximum atomic E-state index is 12.6. The third-order valence-electron chi connectivity index (χ3n) is 4.92. The molecule has 0 fully saturated rings. The first-order valence-corrected chi connectivity index (χ1v) is 11.0. The minimum absolute atomic E-state index is 0.0475. The zero-order valence-electron chi connectivity index (χ0n) is 18.0. The highest BCUT2D eigenvalue weighted by molar-refractivity contribution is 7.22. The number of amides is 2. The third-order valence-corrected chi connectivity index (χ3v) is 6.02. The van der Waals surface area contributed by atoms with Crippen LogP contribution in [0, 0.1) is 6.92 Å². The van der Waals surface area contributed by atoms with Crippen LogP contribution in [0.2, 0.25) is 0 Å². The first-order chi connectivity index (χ1) is 15.9. The maximum Gasteiger partial charge on any atom is 0.408 e. The van der Waals surface area contributed by atoms with Gasteiger partial charge in [-0.05, 0) is 31.5 Å². The normalized spacial score (nSPS) is 11.7. The quantitative estimate of drug-likeness (QED) is 0.425. The molecule has 0 aliphatic rings. The van der Waals surface area contributed by atoms with Crippen molar-refractivity contribution in [1.29, 1.82) is 0 Å². The Morgan fingerprint density at radius 2 is 1.76 bits per heavy atom. The van der Waals surface area contributed by atoms with Crippen LogP contribution in [0.25, 0.3) is 10.2 Å². The van der Waals surface area contributed by atoms with Crippen molar-refractivity contribution < 1.29 is 18.7 Å². The second kappa shape index (κ2) is 9.66. The van der Waals surface area contributed by atoms with E-state index in [-0.39, 0.29) is 18.4 Å². The summed E-state index contributed by atoms with van der Waals surface area (Å²) in [5.41, 5.74) is 1.35. The molecule has 8 nitrogen and oxygen atoms in total. The molecule has 0 aliphatic carbocycles. The van der Waals surface area contributed by atoms with E-state index < -0.39 is 17.8 Å². The van der Waals surface area contributed by atoms with Crippen molar-refractivity contribution in [2.45, 2.75) is 26.5 Å². The van der Waals surface area contributed by atoms with E-state index in [9.17, 15) is 14.4 Å². The van der Waals surface area contributed by atoms with Crippen molar-refractivity contribution in [3.8, 4) is 0 Å². The molecule has 2 aromatic carbocycles. The number of fused-ring (bicyclic) bond motifs is 1. The van der Waals surface area contributed by atoms with Gasteiger partial charge < -0.3 is 19.8 Å². The molecule has 1 atom stereocenters. The summed E-state index contributed by atoms with van der Waals surface area (Å²) in [7, 11) is 0. The van der Waals surface area contributed by atoms with Crippen LogP contribution in [-0.2, 0) is 11.3 Å². The topological polar surface area (TPSA) is 111 Å². The standard InChI is InChI=1S/C24H21N3O5S/c1-14-18-22(33-21(14)26-19(28)17-11-7-4-8-12-17)27-20(32-23(18)29)15(2)25-24(30)31-13-16-9-5-3-6-10-16/h3-12,15H,13H2,1-2H3,(H,25,30)(H,26,28). The van der Waals surface area contributed by atoms with Gasteiger partial charge in [-0.2, -0.15) is 0 Å². The van der Waals surface area contributed by atoms with Crippen molar-refractivity contribution >= 4 is 38.6 Å². The van der Waals surface area contributed by atoms with Gasteiger partial charge in [0.1, 0.15) is 27.9 Å². The molecule has 2 heterocycles. The van der Waals surface area contributed by atoms with E-state index >= 15 is 0 Å². The van der Waals surface area contributed by atoms with E-state index in [1.807, 2.05) is 36.4 Å². The molecular formula is C24H21N3O5S. The summed E-state index contributed by atoms with van der Waals surface area (Å²) in [5.74, 6) is -0.239. The number of carbonyl (C=O) groups excluding carboxylic acids is 2. The monoisotopic (exact) mass is 463 g/mol. The Hall–Kier alpha value is -3.98. The number of aromatic nitrogens is 1. The molecule has 4 aromatic rings. The van der Waals surface area contributed by atoms with Crippen LogP contribution < -0.4 is 16.3 Å². The first kappa shape index (κ1) is 22.2. The van der Waals surface area contributed by atoms with Gasteiger partial charge in [0.15, 0.2) is 0 Å². The Labute approximate surface area is 193 Å². The van der Waals surface area contributed by atoms with Gasteiger partial charge in [0.05, 0.1) is 0 Å². The van der Waals surface area contributed by atoms with Crippen molar-refractivity contribution in [3.05, 3.63) is 93.7 Å². The molecule has 0 saturated heterocycles. The molecule has 33 heavy (non-hydrogen) atoms. The lowest BCUT2D eigenvalue weighted by Crippen LogP contribution is -2.28. The maximum absolute atomic E-state index is 12.6. The van der Waals surface area contributed by atoms with Crippen LogP contribution in [0.3, 0.4) is 0 Å². The number of hydrogen-bond donors (Lipinski definition) is 2. The molecule has 0 radical (unpaired) electrons. The first-order valence-electron chi connectivity index (χ1n) is 10.2. The number of nitrogens with one attached hydrogen (secondary N) is 2. The zero-order chi connectivity index (χ0) is 23.4. The van der Waals surface area contributed by atoms with Gasteiger partial charge in [-0.15, -0.1) is 0 Å². The number of ether oxygens (including phenoxy) is 1. The molecule has 0 aliphatic heterocycles. The summed E-state index contributed by atoms with van der Waals surface area (Å²) in [6, 6.07) is 17.3. The lowest BCUT2D eigenvalue weighted by Gasteiger charge is -2.12. The summed E-state index contributed by atoms with van der Waals surface area (Å²) in [5, 5.41) is 6.25. The SMILES string of the molecule is Cc1c(NC(=O)c2ccccc2)sc2nc(C(C)NC(=O)OCc3ccccc3)oc(=O)c12. The molecule has 168 valence electrons. The van der Waals surface area contributed by atoms with Gasteiger partial charge in [-0.25, -0.2) is 14.6 Å². The molecule has 0 saturated carbocycles. The second-order valence-electron chi connectivity index (χ2n) is 7.32. The predicted molar refractivity (Wildman–Crippen MR) is 125 cm³/mol. The molecule has 2 amide bonds. The highest BCUT2D eigenvalue weighted by Crippen LogP contribution is 2.33. The van der Waals surface area contributed by atoms with Crippen molar-refractivity contribution in [2.24, 2.45) is 0 Å². The van der Waals surface area contributed by atoms with Gasteiger partial charge in [0.25, 0.3) is 5.91 Å². The third kappa shape index (κ3) is 5.09. The van der Waals surface area contributed by atoms with E-state index in [0.29, 0.717) is 26.3 Å².